The lowest BCUT2D eigenvalue weighted by Gasteiger charge is -2.09. The van der Waals surface area contributed by atoms with E-state index in [9.17, 15) is 10.1 Å². The van der Waals surface area contributed by atoms with Crippen LogP contribution < -0.4 is 9.47 Å². The van der Waals surface area contributed by atoms with Gasteiger partial charge in [-0.15, -0.1) is 5.11 Å². The van der Waals surface area contributed by atoms with Gasteiger partial charge in [-0.25, -0.2) is 0 Å². The molecule has 8 heteroatoms. The molecule has 0 aliphatic carbocycles. The van der Waals surface area contributed by atoms with Gasteiger partial charge in [0.1, 0.15) is 5.69 Å². The summed E-state index contributed by atoms with van der Waals surface area (Å²) in [5.74, 6) is 0.335. The van der Waals surface area contributed by atoms with Gasteiger partial charge in [0.05, 0.1) is 36.0 Å². The van der Waals surface area contributed by atoms with Crippen molar-refractivity contribution in [1.29, 1.82) is 0 Å². The van der Waals surface area contributed by atoms with E-state index in [0.29, 0.717) is 13.2 Å². The Kier molecular flexibility index (Phi) is 5.31. The molecule has 0 radical (unpaired) electrons. The van der Waals surface area contributed by atoms with Crippen LogP contribution in [-0.2, 0) is 0 Å². The first-order valence-corrected chi connectivity index (χ1v) is 5.57. The minimum atomic E-state index is -0.546. The standard InChI is InChI=1S/C10H12ClN3O4/c1-3-17-9-6-8(14(15)16)10(18-4-2)5-7(9)12-13-11/h5-6H,3-4H2,1-2H3. The molecule has 0 spiro atoms. The van der Waals surface area contributed by atoms with Gasteiger partial charge in [-0.2, -0.15) is 0 Å². The Bertz CT molecular complexity index is 465. The normalized spacial score (nSPS) is 10.6. The van der Waals surface area contributed by atoms with Crippen LogP contribution in [0.15, 0.2) is 21.9 Å². The van der Waals surface area contributed by atoms with Crippen molar-refractivity contribution in [1.82, 2.24) is 0 Å². The monoisotopic (exact) mass is 273 g/mol. The average Bonchev–Trinajstić information content (AvgIpc) is 2.32. The minimum Gasteiger partial charge on any atom is -0.491 e. The molecule has 0 heterocycles. The zero-order valence-corrected chi connectivity index (χ0v) is 10.7. The van der Waals surface area contributed by atoms with Crippen molar-refractivity contribution in [2.45, 2.75) is 13.8 Å². The van der Waals surface area contributed by atoms with Crippen molar-refractivity contribution >= 4 is 23.2 Å². The molecule has 18 heavy (non-hydrogen) atoms. The fourth-order valence-corrected chi connectivity index (χ4v) is 1.42. The van der Waals surface area contributed by atoms with Crippen molar-refractivity contribution in [3.8, 4) is 11.5 Å². The third kappa shape index (κ3) is 3.30. The third-order valence-electron chi connectivity index (χ3n) is 1.98. The summed E-state index contributed by atoms with van der Waals surface area (Å²) in [5, 5.41) is 14.5. The molecular weight excluding hydrogens is 262 g/mol. The molecule has 7 nitrogen and oxygen atoms in total. The van der Waals surface area contributed by atoms with Crippen LogP contribution in [0.5, 0.6) is 11.5 Å². The third-order valence-corrected chi connectivity index (χ3v) is 2.06. The van der Waals surface area contributed by atoms with Gasteiger partial charge >= 0.3 is 5.69 Å². The predicted octanol–water partition coefficient (Wildman–Crippen LogP) is 3.63. The van der Waals surface area contributed by atoms with Gasteiger partial charge in [0.15, 0.2) is 11.5 Å². The number of hydrogen-bond donors (Lipinski definition) is 0. The number of nitro groups is 1. The molecule has 98 valence electrons. The minimum absolute atomic E-state index is 0.102. The molecule has 0 aliphatic rings. The van der Waals surface area contributed by atoms with Crippen LogP contribution in [0.25, 0.3) is 0 Å². The van der Waals surface area contributed by atoms with Crippen molar-refractivity contribution in [2.24, 2.45) is 9.75 Å². The van der Waals surface area contributed by atoms with E-state index in [1.165, 1.54) is 12.1 Å². The Labute approximate surface area is 109 Å². The summed E-state index contributed by atoms with van der Waals surface area (Å²) in [5.41, 5.74) is 0.0923. The van der Waals surface area contributed by atoms with Gasteiger partial charge in [-0.05, 0) is 13.8 Å². The molecule has 0 aromatic heterocycles. The molecule has 0 amide bonds. The second-order valence-electron chi connectivity index (χ2n) is 3.09. The van der Waals surface area contributed by atoms with Crippen LogP contribution in [0.3, 0.4) is 0 Å². The molecule has 0 saturated carbocycles. The first kappa shape index (κ1) is 14.2. The predicted molar refractivity (Wildman–Crippen MR) is 65.8 cm³/mol. The summed E-state index contributed by atoms with van der Waals surface area (Å²) in [7, 11) is 0. The first-order valence-electron chi connectivity index (χ1n) is 5.24. The molecule has 1 rings (SSSR count). The highest BCUT2D eigenvalue weighted by atomic mass is 35.5. The van der Waals surface area contributed by atoms with E-state index in [-0.39, 0.29) is 22.9 Å². The van der Waals surface area contributed by atoms with Gasteiger partial charge in [-0.3, -0.25) is 10.1 Å². The Hall–Kier alpha value is -1.89. The SMILES string of the molecule is CCOc1cc([N+](=O)[O-])c(OCC)cc1N=NCl. The van der Waals surface area contributed by atoms with Gasteiger partial charge in [0.25, 0.3) is 0 Å². The lowest BCUT2D eigenvalue weighted by Crippen LogP contribution is -1.99. The Morgan fingerprint density at radius 1 is 1.28 bits per heavy atom. The van der Waals surface area contributed by atoms with Gasteiger partial charge in [-0.1, -0.05) is 4.63 Å². The molecule has 0 aliphatic heterocycles. The molecule has 0 unspecified atom stereocenters. The number of halogens is 1. The second-order valence-corrected chi connectivity index (χ2v) is 3.24. The zero-order chi connectivity index (χ0) is 13.5. The number of nitrogens with zero attached hydrogens (tertiary/aromatic N) is 3. The van der Waals surface area contributed by atoms with E-state index < -0.39 is 4.92 Å². The van der Waals surface area contributed by atoms with Crippen LogP contribution in [0.1, 0.15) is 13.8 Å². The fourth-order valence-electron chi connectivity index (χ4n) is 1.34. The van der Waals surface area contributed by atoms with E-state index in [1.54, 1.807) is 13.8 Å². The Morgan fingerprint density at radius 3 is 2.39 bits per heavy atom. The van der Waals surface area contributed by atoms with Crippen molar-refractivity contribution in [3.05, 3.63) is 22.2 Å². The summed E-state index contributed by atoms with van der Waals surface area (Å²) in [6.45, 7) is 4.12. The topological polar surface area (TPSA) is 86.3 Å². The molecule has 0 bridgehead atoms. The Balaban J connectivity index is 3.34. The number of rotatable bonds is 6. The zero-order valence-electron chi connectivity index (χ0n) is 9.92. The first-order chi connectivity index (χ1) is 8.63. The maximum absolute atomic E-state index is 10.9. The van der Waals surface area contributed by atoms with Crippen molar-refractivity contribution < 1.29 is 14.4 Å². The second kappa shape index (κ2) is 6.75. The molecule has 0 fully saturated rings. The highest BCUT2D eigenvalue weighted by molar-refractivity contribution is 6.14. The molecular formula is C10H12ClN3O4. The van der Waals surface area contributed by atoms with Gasteiger partial charge in [0, 0.05) is 6.07 Å². The Morgan fingerprint density at radius 2 is 1.89 bits per heavy atom. The molecule has 0 atom stereocenters. The molecule has 1 aromatic carbocycles. The van der Waals surface area contributed by atoms with E-state index >= 15 is 0 Å². The van der Waals surface area contributed by atoms with Crippen LogP contribution in [0, 0.1) is 10.1 Å². The fraction of sp³-hybridized carbons (Fsp3) is 0.400. The van der Waals surface area contributed by atoms with Crippen molar-refractivity contribution in [2.75, 3.05) is 13.2 Å². The highest BCUT2D eigenvalue weighted by Gasteiger charge is 2.20. The summed E-state index contributed by atoms with van der Waals surface area (Å²) in [6.07, 6.45) is 0. The van der Waals surface area contributed by atoms with E-state index in [2.05, 4.69) is 9.75 Å². The molecule has 0 saturated heterocycles. The summed E-state index contributed by atoms with van der Waals surface area (Å²) in [6, 6.07) is 2.62. The van der Waals surface area contributed by atoms with Gasteiger partial charge in [0.2, 0.25) is 0 Å². The average molecular weight is 274 g/mol. The summed E-state index contributed by atoms with van der Waals surface area (Å²) >= 11 is 5.17. The van der Waals surface area contributed by atoms with E-state index in [4.69, 9.17) is 21.3 Å². The van der Waals surface area contributed by atoms with Crippen LogP contribution >= 0.6 is 11.8 Å². The number of hydrogen-bond acceptors (Lipinski definition) is 6. The molecule has 1 aromatic rings. The maximum atomic E-state index is 10.9. The lowest BCUT2D eigenvalue weighted by molar-refractivity contribution is -0.385. The summed E-state index contributed by atoms with van der Waals surface area (Å²) < 4.78 is 13.5. The van der Waals surface area contributed by atoms with Crippen molar-refractivity contribution in [3.63, 3.8) is 0 Å². The highest BCUT2D eigenvalue weighted by Crippen LogP contribution is 2.39. The van der Waals surface area contributed by atoms with E-state index in [0.717, 1.165) is 0 Å². The number of ether oxygens (including phenoxy) is 2. The maximum Gasteiger partial charge on any atom is 0.314 e. The van der Waals surface area contributed by atoms with Crippen LogP contribution in [0.2, 0.25) is 0 Å². The number of benzene rings is 1. The summed E-state index contributed by atoms with van der Waals surface area (Å²) in [4.78, 5) is 10.4. The number of nitro benzene ring substituents is 1. The van der Waals surface area contributed by atoms with Gasteiger partial charge < -0.3 is 9.47 Å². The lowest BCUT2D eigenvalue weighted by atomic mass is 10.2. The van der Waals surface area contributed by atoms with E-state index in [1.807, 2.05) is 0 Å². The van der Waals surface area contributed by atoms with Crippen LogP contribution in [0.4, 0.5) is 11.4 Å². The quantitative estimate of drug-likeness (QED) is 0.450. The van der Waals surface area contributed by atoms with Crippen LogP contribution in [-0.4, -0.2) is 18.1 Å². The molecule has 0 N–H and O–H groups in total. The largest absolute Gasteiger partial charge is 0.491 e. The smallest absolute Gasteiger partial charge is 0.314 e.